The number of likely N-dealkylation sites (N-methyl/N-ethyl adjacent to an activating group) is 1. The fraction of sp³-hybridized carbons (Fsp3) is 0.476. The van der Waals surface area contributed by atoms with Gasteiger partial charge in [-0.1, -0.05) is 18.2 Å². The number of aromatic nitrogens is 1. The molecule has 1 amide bonds. The number of carbonyl (C=O) groups excluding carboxylic acids is 1. The Morgan fingerprint density at radius 3 is 2.88 bits per heavy atom. The van der Waals surface area contributed by atoms with Gasteiger partial charge in [0.15, 0.2) is 0 Å². The van der Waals surface area contributed by atoms with Gasteiger partial charge in [0.25, 0.3) is 0 Å². The molecule has 4 nitrogen and oxygen atoms in total. The molecule has 0 spiro atoms. The third-order valence-electron chi connectivity index (χ3n) is 5.89. The van der Waals surface area contributed by atoms with Crippen LogP contribution in [0, 0.1) is 5.92 Å². The van der Waals surface area contributed by atoms with Crippen LogP contribution in [-0.2, 0) is 11.2 Å². The molecule has 0 radical (unpaired) electrons. The van der Waals surface area contributed by atoms with Crippen LogP contribution in [0.5, 0.6) is 0 Å². The highest BCUT2D eigenvalue weighted by Crippen LogP contribution is 2.41. The number of carbonyl (C=O) groups is 1. The minimum Gasteiger partial charge on any atom is -0.361 e. The molecule has 1 aromatic carbocycles. The van der Waals surface area contributed by atoms with Crippen LogP contribution in [0.1, 0.15) is 31.4 Å². The third kappa shape index (κ3) is 2.69. The molecular weight excluding hydrogens is 310 g/mol. The van der Waals surface area contributed by atoms with Crippen LogP contribution in [-0.4, -0.2) is 53.4 Å². The summed E-state index contributed by atoms with van der Waals surface area (Å²) in [5, 5.41) is 1.37. The zero-order valence-electron chi connectivity index (χ0n) is 15.4. The number of hydrogen-bond donors (Lipinski definition) is 1. The molecule has 1 unspecified atom stereocenters. The predicted octanol–water partition coefficient (Wildman–Crippen LogP) is 3.30. The van der Waals surface area contributed by atoms with Crippen molar-refractivity contribution in [2.45, 2.75) is 32.7 Å². The number of nitrogens with one attached hydrogen (secondary N) is 1. The zero-order valence-corrected chi connectivity index (χ0v) is 15.4. The summed E-state index contributed by atoms with van der Waals surface area (Å²) in [5.74, 6) is 0.565. The highest BCUT2D eigenvalue weighted by molar-refractivity contribution is 5.98. The van der Waals surface area contributed by atoms with Gasteiger partial charge in [0, 0.05) is 49.2 Å². The maximum Gasteiger partial charge on any atom is 0.223 e. The molecule has 1 aliphatic carbocycles. The van der Waals surface area contributed by atoms with E-state index in [4.69, 9.17) is 0 Å². The first kappa shape index (κ1) is 16.4. The Kier molecular flexibility index (Phi) is 4.16. The Morgan fingerprint density at radius 1 is 1.32 bits per heavy atom. The lowest BCUT2D eigenvalue weighted by atomic mass is 9.79. The standard InChI is InChI=1S/C21H27N3O/c1-4-24(5-2)20(25)10-14-9-17-16-7-6-8-18-21(16)15(12-22-18)11-19(17)23(3)13-14/h6-9,12,14,19,22H,4-5,10-11,13H2,1-3H3/t14?,19-/m1/s1. The number of H-pyrrole nitrogens is 1. The minimum absolute atomic E-state index is 0.273. The van der Waals surface area contributed by atoms with Crippen molar-refractivity contribution in [3.63, 3.8) is 0 Å². The van der Waals surface area contributed by atoms with Crippen LogP contribution in [0.2, 0.25) is 0 Å². The lowest BCUT2D eigenvalue weighted by Crippen LogP contribution is -2.43. The highest BCUT2D eigenvalue weighted by Gasteiger charge is 2.34. The quantitative estimate of drug-likeness (QED) is 0.930. The summed E-state index contributed by atoms with van der Waals surface area (Å²) >= 11 is 0. The second kappa shape index (κ2) is 6.34. The summed E-state index contributed by atoms with van der Waals surface area (Å²) in [4.78, 5) is 20.3. The maximum atomic E-state index is 12.6. The summed E-state index contributed by atoms with van der Waals surface area (Å²) in [6, 6.07) is 6.94. The Morgan fingerprint density at radius 2 is 2.12 bits per heavy atom. The molecule has 1 N–H and O–H groups in total. The second-order valence-electron chi connectivity index (χ2n) is 7.35. The van der Waals surface area contributed by atoms with Crippen molar-refractivity contribution < 1.29 is 4.79 Å². The number of nitrogens with zero attached hydrogens (tertiary/aromatic N) is 2. The van der Waals surface area contributed by atoms with Gasteiger partial charge in [0.2, 0.25) is 5.91 Å². The van der Waals surface area contributed by atoms with Crippen LogP contribution < -0.4 is 0 Å². The van der Waals surface area contributed by atoms with E-state index in [9.17, 15) is 4.79 Å². The van der Waals surface area contributed by atoms with E-state index in [0.717, 1.165) is 26.1 Å². The topological polar surface area (TPSA) is 39.3 Å². The van der Waals surface area contributed by atoms with Crippen molar-refractivity contribution in [2.75, 3.05) is 26.7 Å². The minimum atomic E-state index is 0.273. The molecule has 2 aliphatic rings. The van der Waals surface area contributed by atoms with Crippen molar-refractivity contribution in [3.05, 3.63) is 41.6 Å². The van der Waals surface area contributed by atoms with Crippen LogP contribution >= 0.6 is 0 Å². The van der Waals surface area contributed by atoms with Gasteiger partial charge in [-0.05, 0) is 56.0 Å². The van der Waals surface area contributed by atoms with E-state index in [1.165, 1.54) is 27.6 Å². The number of hydrogen-bond acceptors (Lipinski definition) is 2. The van der Waals surface area contributed by atoms with Crippen molar-refractivity contribution >= 4 is 22.4 Å². The number of aromatic amines is 1. The van der Waals surface area contributed by atoms with Crippen molar-refractivity contribution in [3.8, 4) is 0 Å². The normalized spacial score (nSPS) is 22.6. The van der Waals surface area contributed by atoms with Gasteiger partial charge >= 0.3 is 0 Å². The lowest BCUT2D eigenvalue weighted by molar-refractivity contribution is -0.131. The molecule has 1 aliphatic heterocycles. The van der Waals surface area contributed by atoms with Gasteiger partial charge in [-0.2, -0.15) is 0 Å². The Bertz CT molecular complexity index is 831. The SMILES string of the molecule is CCN(CC)C(=O)CC1C=C2c3cccc4[nH]cc(c34)C[C@H]2N(C)C1. The van der Waals surface area contributed by atoms with Crippen LogP contribution in [0.3, 0.4) is 0 Å². The van der Waals surface area contributed by atoms with Gasteiger partial charge in [0.05, 0.1) is 0 Å². The fourth-order valence-corrected chi connectivity index (χ4v) is 4.61. The first-order valence-corrected chi connectivity index (χ1v) is 9.41. The molecule has 2 heterocycles. The summed E-state index contributed by atoms with van der Waals surface area (Å²) in [6.45, 7) is 6.65. The molecule has 0 bridgehead atoms. The summed E-state index contributed by atoms with van der Waals surface area (Å²) in [7, 11) is 2.20. The molecule has 0 saturated heterocycles. The lowest BCUT2D eigenvalue weighted by Gasteiger charge is -2.40. The first-order valence-electron chi connectivity index (χ1n) is 9.41. The highest BCUT2D eigenvalue weighted by atomic mass is 16.2. The number of rotatable bonds is 4. The Hall–Kier alpha value is -2.07. The molecule has 4 heteroatoms. The third-order valence-corrected chi connectivity index (χ3v) is 5.89. The maximum absolute atomic E-state index is 12.6. The number of amides is 1. The molecule has 132 valence electrons. The van der Waals surface area contributed by atoms with E-state index in [-0.39, 0.29) is 5.91 Å². The van der Waals surface area contributed by atoms with E-state index in [2.05, 4.69) is 61.3 Å². The van der Waals surface area contributed by atoms with E-state index in [1.807, 2.05) is 4.90 Å². The molecule has 0 fully saturated rings. The summed E-state index contributed by atoms with van der Waals surface area (Å²) in [5.41, 5.74) is 5.38. The summed E-state index contributed by atoms with van der Waals surface area (Å²) < 4.78 is 0. The monoisotopic (exact) mass is 337 g/mol. The molecule has 4 rings (SSSR count). The molecule has 2 atom stereocenters. The van der Waals surface area contributed by atoms with Crippen LogP contribution in [0.4, 0.5) is 0 Å². The van der Waals surface area contributed by atoms with Gasteiger partial charge in [-0.3, -0.25) is 9.69 Å². The van der Waals surface area contributed by atoms with Gasteiger partial charge in [-0.25, -0.2) is 0 Å². The summed E-state index contributed by atoms with van der Waals surface area (Å²) in [6.07, 6.45) is 6.21. The van der Waals surface area contributed by atoms with E-state index >= 15 is 0 Å². The van der Waals surface area contributed by atoms with Crippen molar-refractivity contribution in [1.82, 2.24) is 14.8 Å². The average molecular weight is 337 g/mol. The fourth-order valence-electron chi connectivity index (χ4n) is 4.61. The van der Waals surface area contributed by atoms with Gasteiger partial charge in [-0.15, -0.1) is 0 Å². The van der Waals surface area contributed by atoms with E-state index in [1.54, 1.807) is 0 Å². The van der Waals surface area contributed by atoms with E-state index < -0.39 is 0 Å². The van der Waals surface area contributed by atoms with Crippen molar-refractivity contribution in [1.29, 1.82) is 0 Å². The van der Waals surface area contributed by atoms with Gasteiger partial charge < -0.3 is 9.88 Å². The second-order valence-corrected chi connectivity index (χ2v) is 7.35. The Labute approximate surface area is 149 Å². The Balaban J connectivity index is 1.69. The van der Waals surface area contributed by atoms with Gasteiger partial charge in [0.1, 0.15) is 0 Å². The molecule has 2 aromatic rings. The number of benzene rings is 1. The smallest absolute Gasteiger partial charge is 0.223 e. The van der Waals surface area contributed by atoms with Crippen LogP contribution in [0.15, 0.2) is 30.5 Å². The molecular formula is C21H27N3O. The molecule has 1 aromatic heterocycles. The molecule has 25 heavy (non-hydrogen) atoms. The molecule has 0 saturated carbocycles. The zero-order chi connectivity index (χ0) is 17.6. The van der Waals surface area contributed by atoms with Crippen LogP contribution in [0.25, 0.3) is 16.5 Å². The van der Waals surface area contributed by atoms with Crippen molar-refractivity contribution in [2.24, 2.45) is 5.92 Å². The first-order chi connectivity index (χ1) is 12.1. The van der Waals surface area contributed by atoms with E-state index in [0.29, 0.717) is 18.4 Å². The largest absolute Gasteiger partial charge is 0.361 e. The number of fused-ring (bicyclic) bond motifs is 2. The average Bonchev–Trinajstić information content (AvgIpc) is 3.02. The predicted molar refractivity (Wildman–Crippen MR) is 102 cm³/mol.